The van der Waals surface area contributed by atoms with Gasteiger partial charge in [0.2, 0.25) is 14.8 Å². The van der Waals surface area contributed by atoms with Crippen LogP contribution in [0.25, 0.3) is 0 Å². The fourth-order valence-electron chi connectivity index (χ4n) is 6.46. The highest BCUT2D eigenvalue weighted by Crippen LogP contribution is 2.50. The van der Waals surface area contributed by atoms with Crippen LogP contribution in [0.2, 0.25) is 18.1 Å². The van der Waals surface area contributed by atoms with Crippen molar-refractivity contribution in [1.82, 2.24) is 0 Å². The Bertz CT molecular complexity index is 1180. The normalized spacial score (nSPS) is 24.2. The molecule has 0 saturated carbocycles. The van der Waals surface area contributed by atoms with Crippen LogP contribution in [-0.2, 0) is 35.1 Å². The second kappa shape index (κ2) is 16.1. The zero-order valence-electron chi connectivity index (χ0n) is 26.9. The first-order valence-corrected chi connectivity index (χ1v) is 20.7. The molecule has 0 spiro atoms. The minimum absolute atomic E-state index is 0.105. The van der Waals surface area contributed by atoms with E-state index in [0.29, 0.717) is 13.2 Å². The first kappa shape index (κ1) is 34.3. The van der Waals surface area contributed by atoms with Gasteiger partial charge in [-0.3, -0.25) is 0 Å². The molecule has 2 aromatic carbocycles. The third kappa shape index (κ3) is 8.80. The molecule has 43 heavy (non-hydrogen) atoms. The first-order chi connectivity index (χ1) is 20.8. The van der Waals surface area contributed by atoms with Gasteiger partial charge in [0.05, 0.1) is 30.3 Å². The number of unbranched alkanes of at least 4 members (excludes halogenated alkanes) is 3. The number of ether oxygens (including phenoxy) is 3. The Balaban J connectivity index is 1.58. The summed E-state index contributed by atoms with van der Waals surface area (Å²) in [5.41, 5.74) is 2.07. The standard InChI is InChI=1S/C35H54O6SSi/c1-5-8-23-43(24-9-6-2,25-10-7-3)41-32-17-14-22-39-33(32)26-35(42(36,37)31-20-18-29(4)19-21-31)34(40-35)28-38-27-30-15-12-11-13-16-30/h11-13,15-16,18-21,32-34H,5-10,14,17,22-28H2,1-4H3/t32-,33+,34+,35-/m0/s1. The van der Waals surface area contributed by atoms with Crippen LogP contribution in [-0.4, -0.2) is 53.2 Å². The Morgan fingerprint density at radius 3 is 2.14 bits per heavy atom. The fourth-order valence-corrected chi connectivity index (χ4v) is 13.4. The van der Waals surface area contributed by atoms with E-state index in [1.54, 1.807) is 12.1 Å². The SMILES string of the molecule is CCCC[Si](CCCC)(CCCC)O[C@H]1CCCO[C@@H]1C[C@@]1(S(=O)(=O)c2ccc(C)cc2)O[C@@H]1COCc1ccccc1. The smallest absolute Gasteiger partial charge is 0.210 e. The zero-order valence-corrected chi connectivity index (χ0v) is 28.7. The van der Waals surface area contributed by atoms with Crippen LogP contribution >= 0.6 is 0 Å². The summed E-state index contributed by atoms with van der Waals surface area (Å²) in [5, 5.41) is 0. The van der Waals surface area contributed by atoms with E-state index in [-0.39, 0.29) is 30.1 Å². The average Bonchev–Trinajstić information content (AvgIpc) is 3.73. The van der Waals surface area contributed by atoms with Gasteiger partial charge in [0, 0.05) is 13.0 Å². The van der Waals surface area contributed by atoms with Crippen LogP contribution in [0.4, 0.5) is 0 Å². The molecule has 2 heterocycles. The monoisotopic (exact) mass is 630 g/mol. The van der Waals surface area contributed by atoms with Crippen LogP contribution < -0.4 is 0 Å². The first-order valence-electron chi connectivity index (χ1n) is 16.7. The second-order valence-electron chi connectivity index (χ2n) is 12.6. The fraction of sp³-hybridized carbons (Fsp3) is 0.657. The van der Waals surface area contributed by atoms with E-state index in [1.807, 2.05) is 49.4 Å². The molecule has 2 saturated heterocycles. The van der Waals surface area contributed by atoms with Crippen molar-refractivity contribution in [3.05, 3.63) is 65.7 Å². The Kier molecular flexibility index (Phi) is 12.9. The van der Waals surface area contributed by atoms with Crippen LogP contribution in [0.3, 0.4) is 0 Å². The molecule has 0 aromatic heterocycles. The van der Waals surface area contributed by atoms with Gasteiger partial charge >= 0.3 is 0 Å². The summed E-state index contributed by atoms with van der Waals surface area (Å²) in [5.74, 6) is 0. The molecule has 240 valence electrons. The molecule has 6 nitrogen and oxygen atoms in total. The van der Waals surface area contributed by atoms with Gasteiger partial charge in [0.15, 0.2) is 8.32 Å². The predicted molar refractivity (Wildman–Crippen MR) is 175 cm³/mol. The van der Waals surface area contributed by atoms with Gasteiger partial charge in [-0.15, -0.1) is 0 Å². The number of aryl methyl sites for hydroxylation is 1. The number of benzene rings is 2. The van der Waals surface area contributed by atoms with Crippen molar-refractivity contribution in [3.63, 3.8) is 0 Å². The zero-order chi connectivity index (χ0) is 30.8. The lowest BCUT2D eigenvalue weighted by Gasteiger charge is -2.41. The van der Waals surface area contributed by atoms with Crippen LogP contribution in [0, 0.1) is 6.92 Å². The number of rotatable bonds is 19. The van der Waals surface area contributed by atoms with E-state index in [9.17, 15) is 8.42 Å². The molecule has 8 heteroatoms. The van der Waals surface area contributed by atoms with Gasteiger partial charge in [-0.1, -0.05) is 107 Å². The topological polar surface area (TPSA) is 74.4 Å². The summed E-state index contributed by atoms with van der Waals surface area (Å²) < 4.78 is 54.6. The lowest BCUT2D eigenvalue weighted by molar-refractivity contribution is -0.0750. The summed E-state index contributed by atoms with van der Waals surface area (Å²) in [6.45, 7) is 9.98. The average molecular weight is 631 g/mol. The molecule has 4 atom stereocenters. The third-order valence-corrected chi connectivity index (χ3v) is 16.1. The summed E-state index contributed by atoms with van der Waals surface area (Å²) in [7, 11) is -5.85. The van der Waals surface area contributed by atoms with Crippen molar-refractivity contribution in [1.29, 1.82) is 0 Å². The van der Waals surface area contributed by atoms with Gasteiger partial charge < -0.3 is 18.6 Å². The predicted octanol–water partition coefficient (Wildman–Crippen LogP) is 8.38. The van der Waals surface area contributed by atoms with Gasteiger partial charge in [-0.2, -0.15) is 0 Å². The summed E-state index contributed by atoms with van der Waals surface area (Å²) in [4.78, 5) is -1.10. The molecule has 0 bridgehead atoms. The van der Waals surface area contributed by atoms with E-state index >= 15 is 0 Å². The molecular weight excluding hydrogens is 577 g/mol. The lowest BCUT2D eigenvalue weighted by atomic mass is 10.0. The molecule has 0 radical (unpaired) electrons. The van der Waals surface area contributed by atoms with Gasteiger partial charge in [0.1, 0.15) is 6.10 Å². The lowest BCUT2D eigenvalue weighted by Crippen LogP contribution is -2.49. The molecule has 0 aliphatic carbocycles. The Morgan fingerprint density at radius 1 is 0.907 bits per heavy atom. The van der Waals surface area contributed by atoms with E-state index < -0.39 is 29.2 Å². The molecule has 0 amide bonds. The maximum Gasteiger partial charge on any atom is 0.210 e. The van der Waals surface area contributed by atoms with Crippen LogP contribution in [0.5, 0.6) is 0 Å². The van der Waals surface area contributed by atoms with E-state index in [4.69, 9.17) is 18.6 Å². The quantitative estimate of drug-likeness (QED) is 0.115. The molecule has 2 aliphatic heterocycles. The number of epoxide rings is 1. The maximum atomic E-state index is 14.3. The van der Waals surface area contributed by atoms with Crippen LogP contribution in [0.1, 0.15) is 89.7 Å². The van der Waals surface area contributed by atoms with Crippen molar-refractivity contribution in [2.45, 2.75) is 138 Å². The molecule has 2 fully saturated rings. The van der Waals surface area contributed by atoms with Crippen molar-refractivity contribution >= 4 is 18.2 Å². The van der Waals surface area contributed by atoms with E-state index in [1.165, 1.54) is 37.4 Å². The van der Waals surface area contributed by atoms with Crippen molar-refractivity contribution < 1.29 is 27.1 Å². The molecule has 0 unspecified atom stereocenters. The highest BCUT2D eigenvalue weighted by atomic mass is 32.2. The maximum absolute atomic E-state index is 14.3. The molecular formula is C35H54O6SSi. The minimum Gasteiger partial charge on any atom is -0.411 e. The summed E-state index contributed by atoms with van der Waals surface area (Å²) >= 11 is 0. The molecule has 0 N–H and O–H groups in total. The van der Waals surface area contributed by atoms with Gasteiger partial charge in [-0.25, -0.2) is 8.42 Å². The van der Waals surface area contributed by atoms with Crippen molar-refractivity contribution in [2.24, 2.45) is 0 Å². The van der Waals surface area contributed by atoms with E-state index in [2.05, 4.69) is 20.8 Å². The Morgan fingerprint density at radius 2 is 1.53 bits per heavy atom. The second-order valence-corrected chi connectivity index (χ2v) is 18.9. The molecule has 2 aliphatic rings. The highest BCUT2D eigenvalue weighted by molar-refractivity contribution is 7.93. The van der Waals surface area contributed by atoms with Crippen molar-refractivity contribution in [3.8, 4) is 0 Å². The van der Waals surface area contributed by atoms with E-state index in [0.717, 1.165) is 43.2 Å². The number of hydrogen-bond donors (Lipinski definition) is 0. The minimum atomic E-state index is -3.82. The largest absolute Gasteiger partial charge is 0.411 e. The molecule has 4 rings (SSSR count). The number of sulfone groups is 1. The Labute approximate surface area is 261 Å². The summed E-state index contributed by atoms with van der Waals surface area (Å²) in [6.07, 6.45) is 8.16. The summed E-state index contributed by atoms with van der Waals surface area (Å²) in [6, 6.07) is 20.6. The number of hydrogen-bond acceptors (Lipinski definition) is 6. The highest BCUT2D eigenvalue weighted by Gasteiger charge is 2.68. The van der Waals surface area contributed by atoms with Gasteiger partial charge in [0.25, 0.3) is 0 Å². The third-order valence-electron chi connectivity index (χ3n) is 9.17. The van der Waals surface area contributed by atoms with Gasteiger partial charge in [-0.05, 0) is 55.6 Å². The Hall–Kier alpha value is -1.55. The van der Waals surface area contributed by atoms with Crippen LogP contribution in [0.15, 0.2) is 59.5 Å². The van der Waals surface area contributed by atoms with Crippen molar-refractivity contribution in [2.75, 3.05) is 13.2 Å². The molecule has 2 aromatic rings.